The van der Waals surface area contributed by atoms with Crippen LogP contribution in [0.15, 0.2) is 97.6 Å². The highest BCUT2D eigenvalue weighted by molar-refractivity contribution is 5.45. The number of aromatic hydroxyl groups is 2. The summed E-state index contributed by atoms with van der Waals surface area (Å²) in [4.78, 5) is 0. The zero-order chi connectivity index (χ0) is 21.9. The van der Waals surface area contributed by atoms with Gasteiger partial charge in [-0.2, -0.15) is 0 Å². The van der Waals surface area contributed by atoms with Gasteiger partial charge in [-0.25, -0.2) is 0 Å². The van der Waals surface area contributed by atoms with Gasteiger partial charge >= 0.3 is 0 Å². The van der Waals surface area contributed by atoms with Crippen LogP contribution in [0.3, 0.4) is 0 Å². The Labute approximate surface area is 175 Å². The van der Waals surface area contributed by atoms with Crippen LogP contribution in [-0.4, -0.2) is 10.2 Å². The number of hydrogen-bond acceptors (Lipinski definition) is 2. The monoisotopic (exact) mass is 388 g/mol. The van der Waals surface area contributed by atoms with Crippen LogP contribution in [0.2, 0.25) is 0 Å². The maximum absolute atomic E-state index is 9.30. The average molecular weight is 389 g/mol. The number of phenols is 2. The fraction of sp³-hybridized carbons (Fsp3) is 0.185. The van der Waals surface area contributed by atoms with Gasteiger partial charge in [0.2, 0.25) is 0 Å². The number of rotatable bonds is 3. The largest absolute Gasteiger partial charge is 0.508 e. The van der Waals surface area contributed by atoms with E-state index in [0.717, 1.165) is 11.1 Å². The van der Waals surface area contributed by atoms with Crippen molar-refractivity contribution in [2.24, 2.45) is 0 Å². The van der Waals surface area contributed by atoms with Gasteiger partial charge in [-0.1, -0.05) is 86.7 Å². The zero-order valence-corrected chi connectivity index (χ0v) is 17.9. The van der Waals surface area contributed by atoms with E-state index >= 15 is 0 Å². The van der Waals surface area contributed by atoms with E-state index in [1.807, 2.05) is 74.5 Å². The molecule has 0 aliphatic rings. The third-order valence-corrected chi connectivity index (χ3v) is 4.21. The molecule has 0 unspecified atom stereocenters. The molecule has 0 radical (unpaired) electrons. The van der Waals surface area contributed by atoms with E-state index in [2.05, 4.69) is 27.0 Å². The average Bonchev–Trinajstić information content (AvgIpc) is 2.69. The molecule has 152 valence electrons. The summed E-state index contributed by atoms with van der Waals surface area (Å²) in [6, 6.07) is 24.5. The lowest BCUT2D eigenvalue weighted by atomic mass is 9.78. The molecule has 0 saturated heterocycles. The Kier molecular flexibility index (Phi) is 9.47. The van der Waals surface area contributed by atoms with E-state index in [0.29, 0.717) is 0 Å². The summed E-state index contributed by atoms with van der Waals surface area (Å²) < 4.78 is 0. The third kappa shape index (κ3) is 8.52. The molecule has 0 bridgehead atoms. The van der Waals surface area contributed by atoms with E-state index < -0.39 is 0 Å². The van der Waals surface area contributed by atoms with Crippen LogP contribution in [-0.2, 0) is 5.41 Å². The van der Waals surface area contributed by atoms with E-state index in [1.165, 1.54) is 11.1 Å². The second kappa shape index (κ2) is 11.6. The maximum atomic E-state index is 9.30. The van der Waals surface area contributed by atoms with Crippen LogP contribution in [0.25, 0.3) is 6.08 Å². The minimum Gasteiger partial charge on any atom is -0.508 e. The van der Waals surface area contributed by atoms with Gasteiger partial charge in [0.25, 0.3) is 0 Å². The molecule has 2 heteroatoms. The van der Waals surface area contributed by atoms with Crippen molar-refractivity contribution in [1.29, 1.82) is 0 Å². The van der Waals surface area contributed by atoms with Gasteiger partial charge in [0.1, 0.15) is 11.5 Å². The fourth-order valence-corrected chi connectivity index (χ4v) is 2.51. The molecule has 0 saturated carbocycles. The van der Waals surface area contributed by atoms with Gasteiger partial charge in [0.15, 0.2) is 0 Å². The highest BCUT2D eigenvalue weighted by atomic mass is 16.3. The van der Waals surface area contributed by atoms with Gasteiger partial charge in [-0.15, -0.1) is 6.58 Å². The van der Waals surface area contributed by atoms with E-state index in [4.69, 9.17) is 0 Å². The van der Waals surface area contributed by atoms with Crippen molar-refractivity contribution in [2.75, 3.05) is 0 Å². The molecule has 3 aromatic rings. The summed E-state index contributed by atoms with van der Waals surface area (Å²) in [5.41, 5.74) is 4.44. The van der Waals surface area contributed by atoms with Crippen molar-refractivity contribution < 1.29 is 10.2 Å². The van der Waals surface area contributed by atoms with Gasteiger partial charge in [-0.3, -0.25) is 0 Å². The fourth-order valence-electron chi connectivity index (χ4n) is 2.51. The highest BCUT2D eigenvalue weighted by Crippen LogP contribution is 2.32. The molecule has 0 heterocycles. The minimum absolute atomic E-state index is 0.151. The first-order chi connectivity index (χ1) is 13.7. The lowest BCUT2D eigenvalue weighted by Crippen LogP contribution is -2.18. The molecule has 0 aliphatic heterocycles. The molecule has 3 rings (SSSR count). The predicted molar refractivity (Wildman–Crippen MR) is 125 cm³/mol. The lowest BCUT2D eigenvalue weighted by molar-refractivity contribution is 0.474. The second-order valence-corrected chi connectivity index (χ2v) is 7.54. The molecule has 2 nitrogen and oxygen atoms in total. The number of phenolic OH excluding ortho intramolecular Hbond substituents is 2. The van der Waals surface area contributed by atoms with Crippen LogP contribution in [0, 0.1) is 0 Å². The van der Waals surface area contributed by atoms with Crippen LogP contribution in [0.5, 0.6) is 11.5 Å². The van der Waals surface area contributed by atoms with Crippen molar-refractivity contribution in [2.45, 2.75) is 33.1 Å². The quantitative estimate of drug-likeness (QED) is 0.461. The first-order valence-corrected chi connectivity index (χ1v) is 9.55. The van der Waals surface area contributed by atoms with Crippen molar-refractivity contribution in [1.82, 2.24) is 0 Å². The number of hydrogen-bond donors (Lipinski definition) is 2. The van der Waals surface area contributed by atoms with Crippen LogP contribution >= 0.6 is 0 Å². The Bertz CT molecular complexity index is 823. The summed E-state index contributed by atoms with van der Waals surface area (Å²) in [5, 5.41) is 18.6. The Hall–Kier alpha value is -3.26. The SMILES string of the molecule is C=C(C)C.C=Cc1ccccc1.CC(C)(c1ccc(O)cc1)c1ccc(O)cc1. The molecule has 0 spiro atoms. The van der Waals surface area contributed by atoms with Crippen molar-refractivity contribution in [3.8, 4) is 11.5 Å². The first-order valence-electron chi connectivity index (χ1n) is 9.55. The van der Waals surface area contributed by atoms with Crippen molar-refractivity contribution >= 4 is 6.08 Å². The molecule has 0 amide bonds. The Morgan fingerprint density at radius 2 is 1.07 bits per heavy atom. The molecule has 2 N–H and O–H groups in total. The van der Waals surface area contributed by atoms with Crippen LogP contribution in [0.4, 0.5) is 0 Å². The third-order valence-electron chi connectivity index (χ3n) is 4.21. The standard InChI is InChI=1S/C15H16O2.C8H8.C4H8/c1-15(2,11-3-7-13(16)8-4-11)12-5-9-14(17)10-6-12;1-2-8-6-4-3-5-7-8;1-4(2)3/h3-10,16-17H,1-2H3;2-7H,1H2;1H2,2-3H3. The summed E-state index contributed by atoms with van der Waals surface area (Å²) in [6.07, 6.45) is 1.83. The van der Waals surface area contributed by atoms with Gasteiger partial charge in [0, 0.05) is 5.41 Å². The summed E-state index contributed by atoms with van der Waals surface area (Å²) >= 11 is 0. The zero-order valence-electron chi connectivity index (χ0n) is 17.9. The Morgan fingerprint density at radius 1 is 0.724 bits per heavy atom. The van der Waals surface area contributed by atoms with Crippen LogP contribution in [0.1, 0.15) is 44.4 Å². The molecule has 3 aromatic carbocycles. The van der Waals surface area contributed by atoms with Gasteiger partial charge in [-0.05, 0) is 54.8 Å². The van der Waals surface area contributed by atoms with Crippen molar-refractivity contribution in [3.05, 3.63) is 114 Å². The molecular weight excluding hydrogens is 356 g/mol. The van der Waals surface area contributed by atoms with E-state index in [-0.39, 0.29) is 16.9 Å². The summed E-state index contributed by atoms with van der Waals surface area (Å²) in [6.45, 7) is 15.4. The topological polar surface area (TPSA) is 40.5 Å². The maximum Gasteiger partial charge on any atom is 0.115 e. The molecule has 0 atom stereocenters. The summed E-state index contributed by atoms with van der Waals surface area (Å²) in [5.74, 6) is 0.547. The molecule has 0 aliphatic carbocycles. The Morgan fingerprint density at radius 3 is 1.34 bits per heavy atom. The molecule has 0 aromatic heterocycles. The normalized spacial score (nSPS) is 9.93. The Balaban J connectivity index is 0.000000290. The van der Waals surface area contributed by atoms with Gasteiger partial charge in [0.05, 0.1) is 0 Å². The van der Waals surface area contributed by atoms with E-state index in [1.54, 1.807) is 24.3 Å². The molecule has 29 heavy (non-hydrogen) atoms. The van der Waals surface area contributed by atoms with Crippen molar-refractivity contribution in [3.63, 3.8) is 0 Å². The first kappa shape index (κ1) is 23.8. The second-order valence-electron chi connectivity index (χ2n) is 7.54. The molecule has 0 fully saturated rings. The van der Waals surface area contributed by atoms with Gasteiger partial charge < -0.3 is 10.2 Å². The molecular formula is C27H32O2. The summed E-state index contributed by atoms with van der Waals surface area (Å²) in [7, 11) is 0. The predicted octanol–water partition coefficient (Wildman–Crippen LogP) is 7.34. The van der Waals surface area contributed by atoms with Crippen LogP contribution < -0.4 is 0 Å². The lowest BCUT2D eigenvalue weighted by Gasteiger charge is -2.26. The number of benzene rings is 3. The highest BCUT2D eigenvalue weighted by Gasteiger charge is 2.22. The minimum atomic E-state index is -0.151. The van der Waals surface area contributed by atoms with E-state index in [9.17, 15) is 10.2 Å². The number of allylic oxidation sites excluding steroid dienone is 1. The smallest absolute Gasteiger partial charge is 0.115 e.